The summed E-state index contributed by atoms with van der Waals surface area (Å²) < 4.78 is 16.2. The van der Waals surface area contributed by atoms with Crippen molar-refractivity contribution in [2.75, 3.05) is 24.9 Å². The molecule has 166 valence electrons. The van der Waals surface area contributed by atoms with E-state index in [9.17, 15) is 9.59 Å². The second-order valence-corrected chi connectivity index (χ2v) is 7.01. The van der Waals surface area contributed by atoms with Crippen LogP contribution in [-0.2, 0) is 0 Å². The molecule has 0 unspecified atom stereocenters. The Bertz CT molecular complexity index is 1140. The number of ether oxygens (including phenoxy) is 3. The molecule has 9 heteroatoms. The molecule has 32 heavy (non-hydrogen) atoms. The minimum absolute atomic E-state index is 0.140. The van der Waals surface area contributed by atoms with Gasteiger partial charge in [0.25, 0.3) is 0 Å². The number of nitrogens with zero attached hydrogens (tertiary/aromatic N) is 1. The van der Waals surface area contributed by atoms with Crippen molar-refractivity contribution in [1.29, 1.82) is 0 Å². The van der Waals surface area contributed by atoms with Crippen LogP contribution in [0.1, 0.15) is 23.7 Å². The van der Waals surface area contributed by atoms with E-state index in [1.54, 1.807) is 49.4 Å². The second-order valence-electron chi connectivity index (χ2n) is 6.58. The highest BCUT2D eigenvalue weighted by Gasteiger charge is 2.15. The van der Waals surface area contributed by atoms with Crippen molar-refractivity contribution < 1.29 is 23.8 Å². The van der Waals surface area contributed by atoms with Crippen LogP contribution in [0.4, 0.5) is 16.2 Å². The number of ketones is 1. The van der Waals surface area contributed by atoms with E-state index in [0.717, 1.165) is 0 Å². The maximum absolute atomic E-state index is 12.5. The molecule has 0 spiro atoms. The van der Waals surface area contributed by atoms with Gasteiger partial charge in [0.15, 0.2) is 17.3 Å². The number of anilines is 2. The number of nitrogens with one attached hydrogen (secondary N) is 2. The number of halogens is 1. The number of aromatic nitrogens is 1. The molecule has 0 bridgehead atoms. The molecule has 8 nitrogen and oxygen atoms in total. The number of rotatable bonds is 8. The fourth-order valence-corrected chi connectivity index (χ4v) is 3.05. The Labute approximate surface area is 190 Å². The Kier molecular flexibility index (Phi) is 7.51. The van der Waals surface area contributed by atoms with Crippen molar-refractivity contribution in [2.24, 2.45) is 0 Å². The highest BCUT2D eigenvalue weighted by Crippen LogP contribution is 2.31. The molecule has 0 atom stereocenters. The number of urea groups is 1. The summed E-state index contributed by atoms with van der Waals surface area (Å²) in [5, 5.41) is 5.84. The highest BCUT2D eigenvalue weighted by atomic mass is 35.5. The van der Waals surface area contributed by atoms with Crippen LogP contribution in [0.2, 0.25) is 5.02 Å². The molecule has 1 heterocycles. The third-order valence-electron chi connectivity index (χ3n) is 4.41. The van der Waals surface area contributed by atoms with Gasteiger partial charge in [-0.25, -0.2) is 4.79 Å². The van der Waals surface area contributed by atoms with Crippen LogP contribution >= 0.6 is 11.6 Å². The Hall–Kier alpha value is -3.78. The first-order chi connectivity index (χ1) is 15.4. The van der Waals surface area contributed by atoms with Gasteiger partial charge < -0.3 is 24.8 Å². The van der Waals surface area contributed by atoms with E-state index in [1.807, 2.05) is 0 Å². The number of amides is 2. The third-order valence-corrected chi connectivity index (χ3v) is 4.61. The first-order valence-corrected chi connectivity index (χ1v) is 10.1. The van der Waals surface area contributed by atoms with E-state index in [0.29, 0.717) is 45.0 Å². The van der Waals surface area contributed by atoms with Crippen LogP contribution in [0.15, 0.2) is 54.9 Å². The topological polar surface area (TPSA) is 98.8 Å². The molecular weight excluding hydrogens is 434 g/mol. The molecule has 0 radical (unpaired) electrons. The van der Waals surface area contributed by atoms with Crippen LogP contribution in [0.25, 0.3) is 0 Å². The van der Waals surface area contributed by atoms with Gasteiger partial charge in [-0.15, -0.1) is 0 Å². The molecule has 0 aliphatic carbocycles. The normalized spacial score (nSPS) is 10.2. The van der Waals surface area contributed by atoms with E-state index in [1.165, 1.54) is 26.6 Å². The van der Waals surface area contributed by atoms with E-state index in [4.69, 9.17) is 25.8 Å². The zero-order valence-electron chi connectivity index (χ0n) is 17.8. The summed E-state index contributed by atoms with van der Waals surface area (Å²) in [7, 11) is 3.04. The smallest absolute Gasteiger partial charge is 0.323 e. The zero-order chi connectivity index (χ0) is 23.1. The Balaban J connectivity index is 1.77. The van der Waals surface area contributed by atoms with Gasteiger partial charge in [0.05, 0.1) is 31.0 Å². The molecule has 0 fully saturated rings. The number of hydrogen-bond donors (Lipinski definition) is 2. The van der Waals surface area contributed by atoms with Crippen molar-refractivity contribution in [3.8, 4) is 23.0 Å². The molecule has 3 aromatic rings. The number of Topliss-reactive ketones (excluding diaryl/α,β-unsaturated/α-hetero) is 1. The standard InChI is InChI=1S/C23H22ClN3O5/c1-4-19(28)18-10-15(5-7-20(18)32-17-9-14(24)12-25-13-17)26-23(29)27-16-6-8-21(30-2)22(11-16)31-3/h5-13H,4H2,1-3H3,(H2,26,27,29). The number of carbonyl (C=O) groups excluding carboxylic acids is 2. The van der Waals surface area contributed by atoms with Gasteiger partial charge in [0.2, 0.25) is 0 Å². The summed E-state index contributed by atoms with van der Waals surface area (Å²) in [5.41, 5.74) is 1.27. The van der Waals surface area contributed by atoms with Gasteiger partial charge in [-0.1, -0.05) is 18.5 Å². The van der Waals surface area contributed by atoms with Crippen LogP contribution in [0.3, 0.4) is 0 Å². The quantitative estimate of drug-likeness (QED) is 0.417. The fraction of sp³-hybridized carbons (Fsp3) is 0.174. The minimum atomic E-state index is -0.486. The molecule has 0 aliphatic rings. The van der Waals surface area contributed by atoms with Crippen LogP contribution in [-0.4, -0.2) is 31.0 Å². The van der Waals surface area contributed by atoms with E-state index >= 15 is 0 Å². The lowest BCUT2D eigenvalue weighted by atomic mass is 10.1. The molecule has 1 aromatic heterocycles. The first kappa shape index (κ1) is 22.9. The number of carbonyl (C=O) groups is 2. The van der Waals surface area contributed by atoms with E-state index in [2.05, 4.69) is 15.6 Å². The van der Waals surface area contributed by atoms with Gasteiger partial charge in [0.1, 0.15) is 11.5 Å². The van der Waals surface area contributed by atoms with Crippen LogP contribution in [0, 0.1) is 0 Å². The molecule has 0 saturated heterocycles. The van der Waals surface area contributed by atoms with Crippen molar-refractivity contribution in [3.63, 3.8) is 0 Å². The predicted octanol–water partition coefficient (Wildman–Crippen LogP) is 5.78. The summed E-state index contributed by atoms with van der Waals surface area (Å²) >= 11 is 5.95. The lowest BCUT2D eigenvalue weighted by Crippen LogP contribution is -2.19. The van der Waals surface area contributed by atoms with E-state index < -0.39 is 6.03 Å². The van der Waals surface area contributed by atoms with Crippen LogP contribution in [0.5, 0.6) is 23.0 Å². The summed E-state index contributed by atoms with van der Waals surface area (Å²) in [4.78, 5) is 28.9. The molecular formula is C23H22ClN3O5. The molecule has 0 saturated carbocycles. The lowest BCUT2D eigenvalue weighted by Gasteiger charge is -2.14. The molecule has 2 N–H and O–H groups in total. The van der Waals surface area contributed by atoms with Crippen molar-refractivity contribution >= 4 is 34.8 Å². The number of hydrogen-bond acceptors (Lipinski definition) is 6. The predicted molar refractivity (Wildman–Crippen MR) is 123 cm³/mol. The number of benzene rings is 2. The summed E-state index contributed by atoms with van der Waals surface area (Å²) in [6.45, 7) is 1.75. The third kappa shape index (κ3) is 5.67. The molecule has 2 amide bonds. The Morgan fingerprint density at radius 3 is 2.19 bits per heavy atom. The fourth-order valence-electron chi connectivity index (χ4n) is 2.89. The van der Waals surface area contributed by atoms with Crippen LogP contribution < -0.4 is 24.8 Å². The maximum atomic E-state index is 12.5. The average Bonchev–Trinajstić information content (AvgIpc) is 2.79. The minimum Gasteiger partial charge on any atom is -0.493 e. The lowest BCUT2D eigenvalue weighted by molar-refractivity contribution is 0.0986. The maximum Gasteiger partial charge on any atom is 0.323 e. The van der Waals surface area contributed by atoms with Crippen molar-refractivity contribution in [1.82, 2.24) is 4.98 Å². The molecule has 2 aromatic carbocycles. The molecule has 0 aliphatic heterocycles. The van der Waals surface area contributed by atoms with E-state index in [-0.39, 0.29) is 12.2 Å². The van der Waals surface area contributed by atoms with Crippen molar-refractivity contribution in [2.45, 2.75) is 13.3 Å². The summed E-state index contributed by atoms with van der Waals surface area (Å²) in [6, 6.07) is 10.9. The Morgan fingerprint density at radius 1 is 0.906 bits per heavy atom. The number of pyridine rings is 1. The summed E-state index contributed by atoms with van der Waals surface area (Å²) in [6.07, 6.45) is 3.25. The number of methoxy groups -OCH3 is 2. The van der Waals surface area contributed by atoms with Gasteiger partial charge in [-0.2, -0.15) is 0 Å². The Morgan fingerprint density at radius 2 is 1.56 bits per heavy atom. The van der Waals surface area contributed by atoms with Gasteiger partial charge >= 0.3 is 6.03 Å². The highest BCUT2D eigenvalue weighted by molar-refractivity contribution is 6.30. The van der Waals surface area contributed by atoms with Gasteiger partial charge in [-0.05, 0) is 30.3 Å². The van der Waals surface area contributed by atoms with Crippen molar-refractivity contribution in [3.05, 3.63) is 65.4 Å². The average molecular weight is 456 g/mol. The monoisotopic (exact) mass is 455 g/mol. The SMILES string of the molecule is CCC(=O)c1cc(NC(=O)Nc2ccc(OC)c(OC)c2)ccc1Oc1cncc(Cl)c1. The molecule has 3 rings (SSSR count). The van der Waals surface area contributed by atoms with Gasteiger partial charge in [-0.3, -0.25) is 9.78 Å². The zero-order valence-corrected chi connectivity index (χ0v) is 18.5. The summed E-state index contributed by atoms with van der Waals surface area (Å²) in [5.74, 6) is 1.63. The second kappa shape index (κ2) is 10.5. The first-order valence-electron chi connectivity index (χ1n) is 9.69. The van der Waals surface area contributed by atoms with Gasteiger partial charge in [0, 0.05) is 36.1 Å². The largest absolute Gasteiger partial charge is 0.493 e.